The summed E-state index contributed by atoms with van der Waals surface area (Å²) < 4.78 is 12.5. The summed E-state index contributed by atoms with van der Waals surface area (Å²) in [6.07, 6.45) is 1.63. The summed E-state index contributed by atoms with van der Waals surface area (Å²) in [7, 11) is 0. The fourth-order valence-electron chi connectivity index (χ4n) is 3.76. The second-order valence-corrected chi connectivity index (χ2v) is 9.73. The maximum absolute atomic E-state index is 13.1. The summed E-state index contributed by atoms with van der Waals surface area (Å²) >= 11 is 1.18. The summed E-state index contributed by atoms with van der Waals surface area (Å²) in [6.45, 7) is 11.7. The Morgan fingerprint density at radius 3 is 2.51 bits per heavy atom. The number of carbonyl (C=O) groups is 2. The minimum absolute atomic E-state index is 0.0862. The summed E-state index contributed by atoms with van der Waals surface area (Å²) in [6, 6.07) is 1.83. The van der Waals surface area contributed by atoms with Crippen LogP contribution in [0.1, 0.15) is 83.7 Å². The Balaban J connectivity index is 1.64. The van der Waals surface area contributed by atoms with Crippen molar-refractivity contribution in [1.29, 1.82) is 0 Å². The number of hydrogen-bond donors (Lipinski definition) is 1. The van der Waals surface area contributed by atoms with Crippen LogP contribution in [0.2, 0.25) is 0 Å². The largest absolute Gasteiger partial charge is 0.462 e. The number of carbonyl (C=O) groups excluding carboxylic acids is 2. The van der Waals surface area contributed by atoms with Gasteiger partial charge < -0.3 is 15.2 Å². The number of esters is 2. The average Bonchev–Trinajstić information content (AvgIpc) is 3.38. The number of nitrogens with two attached hydrogens (primary N) is 1. The molecule has 2 N–H and O–H groups in total. The lowest BCUT2D eigenvalue weighted by Gasteiger charge is -2.12. The van der Waals surface area contributed by atoms with E-state index in [-0.39, 0.29) is 36.8 Å². The Hall–Kier alpha value is -3.60. The molecule has 0 fully saturated rings. The van der Waals surface area contributed by atoms with E-state index < -0.39 is 11.9 Å². The number of thiophene rings is 1. The van der Waals surface area contributed by atoms with E-state index in [0.29, 0.717) is 37.3 Å². The summed E-state index contributed by atoms with van der Waals surface area (Å²) in [5.41, 5.74) is 8.64. The van der Waals surface area contributed by atoms with Crippen molar-refractivity contribution in [2.45, 2.75) is 60.1 Å². The zero-order valence-corrected chi connectivity index (χ0v) is 21.4. The number of aryl methyl sites for hydroxylation is 1. The molecule has 35 heavy (non-hydrogen) atoms. The molecular weight excluding hydrogens is 468 g/mol. The molecule has 4 heterocycles. The number of ether oxygens (including phenoxy) is 2. The van der Waals surface area contributed by atoms with Crippen molar-refractivity contribution < 1.29 is 19.1 Å². The fourth-order valence-corrected chi connectivity index (χ4v) is 4.86. The molecule has 0 saturated heterocycles. The van der Waals surface area contributed by atoms with Crippen molar-refractivity contribution in [3.8, 4) is 0 Å². The second kappa shape index (κ2) is 9.57. The number of nitrogen functional groups attached to an aromatic ring is 1. The first-order valence-corrected chi connectivity index (χ1v) is 12.2. The number of pyridine rings is 1. The Labute approximate surface area is 206 Å². The molecule has 0 aliphatic heterocycles. The highest BCUT2D eigenvalue weighted by atomic mass is 32.1. The molecule has 0 bridgehead atoms. The quantitative estimate of drug-likeness (QED) is 0.365. The lowest BCUT2D eigenvalue weighted by molar-refractivity contribution is 0.0463. The van der Waals surface area contributed by atoms with Gasteiger partial charge in [-0.05, 0) is 45.2 Å². The lowest BCUT2D eigenvalue weighted by Crippen LogP contribution is -2.11. The van der Waals surface area contributed by atoms with Gasteiger partial charge in [-0.3, -0.25) is 0 Å². The predicted octanol–water partition coefficient (Wildman–Crippen LogP) is 4.56. The number of rotatable bonds is 7. The zero-order valence-electron chi connectivity index (χ0n) is 20.6. The Kier molecular flexibility index (Phi) is 6.70. The highest BCUT2D eigenvalue weighted by molar-refractivity contribution is 7.20. The first-order chi connectivity index (χ1) is 16.6. The van der Waals surface area contributed by atoms with E-state index in [2.05, 4.69) is 15.1 Å². The lowest BCUT2D eigenvalue weighted by atomic mass is 10.1. The molecule has 0 aromatic carbocycles. The molecule has 4 aromatic rings. The van der Waals surface area contributed by atoms with Crippen LogP contribution in [0.4, 0.5) is 5.82 Å². The molecule has 0 radical (unpaired) electrons. The molecule has 184 valence electrons. The van der Waals surface area contributed by atoms with Crippen molar-refractivity contribution in [2.24, 2.45) is 0 Å². The number of fused-ring (bicyclic) bond motifs is 2. The van der Waals surface area contributed by atoms with Gasteiger partial charge in [0.15, 0.2) is 18.1 Å². The molecular formula is C24H28N6O4S. The van der Waals surface area contributed by atoms with Crippen LogP contribution in [-0.4, -0.2) is 43.3 Å². The van der Waals surface area contributed by atoms with E-state index in [0.717, 1.165) is 5.69 Å². The van der Waals surface area contributed by atoms with Crippen LogP contribution in [0.5, 0.6) is 0 Å². The van der Waals surface area contributed by atoms with E-state index in [1.54, 1.807) is 30.8 Å². The van der Waals surface area contributed by atoms with Gasteiger partial charge in [0.1, 0.15) is 15.5 Å². The average molecular weight is 497 g/mol. The molecule has 0 amide bonds. The number of nitrogens with zero attached hydrogens (tertiary/aromatic N) is 5. The van der Waals surface area contributed by atoms with Crippen LogP contribution in [0.3, 0.4) is 0 Å². The van der Waals surface area contributed by atoms with E-state index >= 15 is 0 Å². The Morgan fingerprint density at radius 1 is 1.11 bits per heavy atom. The first kappa shape index (κ1) is 24.5. The molecule has 0 atom stereocenters. The molecule has 0 aliphatic carbocycles. The van der Waals surface area contributed by atoms with E-state index in [1.165, 1.54) is 11.3 Å². The molecule has 4 aromatic heterocycles. The maximum Gasteiger partial charge on any atom is 0.348 e. The van der Waals surface area contributed by atoms with Crippen LogP contribution in [-0.2, 0) is 16.1 Å². The standard InChI is InChI=1S/C24H28N6O4S/c1-7-33-24(32)19-13(6)18-20(25)28-17(29-22(18)35-19)10-34-23(31)14-8-16(11(2)3)27-21-15(14)9-26-30(21)12(4)5/h8-9,11-12H,7,10H2,1-6H3,(H2,25,28,29). The van der Waals surface area contributed by atoms with Crippen molar-refractivity contribution in [2.75, 3.05) is 12.3 Å². The normalized spacial score (nSPS) is 11.7. The van der Waals surface area contributed by atoms with Crippen LogP contribution in [0.15, 0.2) is 12.3 Å². The van der Waals surface area contributed by atoms with Gasteiger partial charge in [-0.25, -0.2) is 29.2 Å². The Morgan fingerprint density at radius 2 is 1.86 bits per heavy atom. The van der Waals surface area contributed by atoms with Gasteiger partial charge in [0.05, 0.1) is 29.1 Å². The van der Waals surface area contributed by atoms with Crippen LogP contribution < -0.4 is 5.73 Å². The van der Waals surface area contributed by atoms with Gasteiger partial charge in [-0.2, -0.15) is 5.10 Å². The topological polar surface area (TPSA) is 135 Å². The third-order valence-electron chi connectivity index (χ3n) is 5.54. The SMILES string of the molecule is CCOC(=O)c1sc2nc(COC(=O)c3cc(C(C)C)nc4c3cnn4C(C)C)nc(N)c2c1C. The van der Waals surface area contributed by atoms with Crippen LogP contribution >= 0.6 is 11.3 Å². The first-order valence-electron chi connectivity index (χ1n) is 11.4. The van der Waals surface area contributed by atoms with Gasteiger partial charge in [0, 0.05) is 11.7 Å². The van der Waals surface area contributed by atoms with Crippen molar-refractivity contribution in [3.05, 3.63) is 39.8 Å². The molecule has 10 nitrogen and oxygen atoms in total. The van der Waals surface area contributed by atoms with Gasteiger partial charge in [0.2, 0.25) is 0 Å². The maximum atomic E-state index is 13.1. The van der Waals surface area contributed by atoms with E-state index in [1.807, 2.05) is 27.7 Å². The van der Waals surface area contributed by atoms with Gasteiger partial charge in [0.25, 0.3) is 0 Å². The molecule has 0 unspecified atom stereocenters. The zero-order chi connectivity index (χ0) is 25.4. The summed E-state index contributed by atoms with van der Waals surface area (Å²) in [5, 5.41) is 5.63. The smallest absolute Gasteiger partial charge is 0.348 e. The summed E-state index contributed by atoms with van der Waals surface area (Å²) in [5.74, 6) is -0.378. The minimum Gasteiger partial charge on any atom is -0.462 e. The Bertz CT molecular complexity index is 1440. The molecule has 0 aliphatic rings. The second-order valence-electron chi connectivity index (χ2n) is 8.73. The van der Waals surface area contributed by atoms with Gasteiger partial charge >= 0.3 is 11.9 Å². The van der Waals surface area contributed by atoms with Crippen molar-refractivity contribution >= 4 is 50.3 Å². The molecule has 4 rings (SSSR count). The number of anilines is 1. The van der Waals surface area contributed by atoms with Gasteiger partial charge in [-0.15, -0.1) is 11.3 Å². The van der Waals surface area contributed by atoms with Crippen molar-refractivity contribution in [1.82, 2.24) is 24.7 Å². The molecule has 11 heteroatoms. The van der Waals surface area contributed by atoms with Crippen molar-refractivity contribution in [3.63, 3.8) is 0 Å². The van der Waals surface area contributed by atoms with E-state index in [4.69, 9.17) is 20.2 Å². The highest BCUT2D eigenvalue weighted by Crippen LogP contribution is 2.33. The molecule has 0 spiro atoms. The fraction of sp³-hybridized carbons (Fsp3) is 0.417. The monoisotopic (exact) mass is 496 g/mol. The number of aromatic nitrogens is 5. The third kappa shape index (κ3) is 4.55. The molecule has 0 saturated carbocycles. The van der Waals surface area contributed by atoms with E-state index in [9.17, 15) is 9.59 Å². The van der Waals surface area contributed by atoms with Gasteiger partial charge in [-0.1, -0.05) is 13.8 Å². The summed E-state index contributed by atoms with van der Waals surface area (Å²) in [4.78, 5) is 39.8. The van der Waals surface area contributed by atoms with Crippen LogP contribution in [0.25, 0.3) is 21.3 Å². The highest BCUT2D eigenvalue weighted by Gasteiger charge is 2.23. The minimum atomic E-state index is -0.528. The number of hydrogen-bond acceptors (Lipinski definition) is 10. The predicted molar refractivity (Wildman–Crippen MR) is 134 cm³/mol. The third-order valence-corrected chi connectivity index (χ3v) is 6.71. The van der Waals surface area contributed by atoms with Crippen LogP contribution in [0, 0.1) is 6.92 Å².